The molecule has 1 fully saturated rings. The molecule has 0 aliphatic carbocycles. The first-order valence-electron chi connectivity index (χ1n) is 6.69. The summed E-state index contributed by atoms with van der Waals surface area (Å²) in [5.41, 5.74) is 7.42. The van der Waals surface area contributed by atoms with E-state index in [9.17, 15) is 0 Å². The van der Waals surface area contributed by atoms with E-state index in [-0.39, 0.29) is 12.4 Å². The van der Waals surface area contributed by atoms with E-state index < -0.39 is 0 Å². The lowest BCUT2D eigenvalue weighted by Crippen LogP contribution is -2.31. The van der Waals surface area contributed by atoms with Gasteiger partial charge in [0.15, 0.2) is 0 Å². The van der Waals surface area contributed by atoms with Gasteiger partial charge in [0.05, 0.1) is 0 Å². The normalized spacial score (nSPS) is 23.4. The van der Waals surface area contributed by atoms with Crippen molar-refractivity contribution < 1.29 is 0 Å². The van der Waals surface area contributed by atoms with Crippen molar-refractivity contribution in [1.82, 2.24) is 4.90 Å². The van der Waals surface area contributed by atoms with Crippen LogP contribution in [-0.2, 0) is 0 Å². The highest BCUT2D eigenvalue weighted by Gasteiger charge is 2.25. The fraction of sp³-hybridized carbons (Fsp3) is 0.600. The van der Waals surface area contributed by atoms with Crippen LogP contribution in [-0.4, -0.2) is 30.6 Å². The van der Waals surface area contributed by atoms with Crippen molar-refractivity contribution in [3.63, 3.8) is 0 Å². The van der Waals surface area contributed by atoms with Crippen molar-refractivity contribution in [1.29, 1.82) is 0 Å². The number of halogens is 1. The van der Waals surface area contributed by atoms with Crippen LogP contribution >= 0.6 is 12.4 Å². The van der Waals surface area contributed by atoms with Crippen molar-refractivity contribution in [2.24, 2.45) is 11.7 Å². The zero-order valence-corrected chi connectivity index (χ0v) is 12.2. The highest BCUT2D eigenvalue weighted by atomic mass is 35.5. The average Bonchev–Trinajstić information content (AvgIpc) is 2.79. The molecule has 3 unspecified atom stereocenters. The highest BCUT2D eigenvalue weighted by Crippen LogP contribution is 2.23. The fourth-order valence-corrected chi connectivity index (χ4v) is 2.73. The highest BCUT2D eigenvalue weighted by molar-refractivity contribution is 5.85. The Balaban J connectivity index is 0.00000162. The summed E-state index contributed by atoms with van der Waals surface area (Å²) in [6.07, 6.45) is 1.26. The van der Waals surface area contributed by atoms with Crippen LogP contribution in [0.1, 0.15) is 31.7 Å². The van der Waals surface area contributed by atoms with Gasteiger partial charge in [-0.1, -0.05) is 37.3 Å². The first-order chi connectivity index (χ1) is 8.16. The van der Waals surface area contributed by atoms with Crippen LogP contribution in [0, 0.1) is 5.92 Å². The molecule has 2 rings (SSSR count). The summed E-state index contributed by atoms with van der Waals surface area (Å²) in [6, 6.07) is 11.1. The number of nitrogens with zero attached hydrogens (tertiary/aromatic N) is 1. The Morgan fingerprint density at radius 3 is 2.50 bits per heavy atom. The van der Waals surface area contributed by atoms with Gasteiger partial charge in [0.2, 0.25) is 0 Å². The minimum atomic E-state index is 0. The van der Waals surface area contributed by atoms with Crippen LogP contribution in [0.5, 0.6) is 0 Å². The van der Waals surface area contributed by atoms with Crippen molar-refractivity contribution in [3.8, 4) is 0 Å². The van der Waals surface area contributed by atoms with Crippen LogP contribution in [0.4, 0.5) is 0 Å². The molecule has 0 saturated carbocycles. The largest absolute Gasteiger partial charge is 0.328 e. The minimum absolute atomic E-state index is 0. The van der Waals surface area contributed by atoms with Crippen LogP contribution < -0.4 is 5.73 Å². The van der Waals surface area contributed by atoms with Gasteiger partial charge in [0.25, 0.3) is 0 Å². The summed E-state index contributed by atoms with van der Waals surface area (Å²) in [4.78, 5) is 2.56. The second-order valence-electron chi connectivity index (χ2n) is 5.48. The maximum atomic E-state index is 5.98. The van der Waals surface area contributed by atoms with Crippen molar-refractivity contribution >= 4 is 12.4 Å². The Labute approximate surface area is 117 Å². The Morgan fingerprint density at radius 1 is 1.28 bits per heavy atom. The molecule has 2 nitrogen and oxygen atoms in total. The van der Waals surface area contributed by atoms with Gasteiger partial charge >= 0.3 is 0 Å². The van der Waals surface area contributed by atoms with E-state index in [1.54, 1.807) is 0 Å². The predicted octanol–water partition coefficient (Wildman–Crippen LogP) is 2.88. The number of nitrogens with two attached hydrogens (primary N) is 1. The molecule has 1 heterocycles. The first-order valence-corrected chi connectivity index (χ1v) is 6.69. The molecular formula is C15H25ClN2. The molecule has 2 N–H and O–H groups in total. The smallest absolute Gasteiger partial charge is 0.00514 e. The zero-order chi connectivity index (χ0) is 12.3. The molecule has 0 radical (unpaired) electrons. The lowest BCUT2D eigenvalue weighted by Gasteiger charge is -2.22. The minimum Gasteiger partial charge on any atom is -0.328 e. The molecule has 0 spiro atoms. The molecule has 1 saturated heterocycles. The van der Waals surface area contributed by atoms with E-state index >= 15 is 0 Å². The Kier molecular flexibility index (Phi) is 6.13. The molecule has 3 heteroatoms. The Bertz CT molecular complexity index is 340. The number of hydrogen-bond acceptors (Lipinski definition) is 2. The van der Waals surface area contributed by atoms with Crippen LogP contribution in [0.3, 0.4) is 0 Å². The van der Waals surface area contributed by atoms with Gasteiger partial charge in [-0.25, -0.2) is 0 Å². The van der Waals surface area contributed by atoms with Gasteiger partial charge in [0, 0.05) is 19.1 Å². The molecule has 0 aromatic heterocycles. The monoisotopic (exact) mass is 268 g/mol. The summed E-state index contributed by atoms with van der Waals surface area (Å²) in [5, 5.41) is 0. The van der Waals surface area contributed by atoms with Crippen molar-refractivity contribution in [2.75, 3.05) is 19.6 Å². The van der Waals surface area contributed by atoms with Crippen LogP contribution in [0.15, 0.2) is 30.3 Å². The third-order valence-corrected chi connectivity index (χ3v) is 3.95. The number of benzene rings is 1. The average molecular weight is 269 g/mol. The molecule has 3 atom stereocenters. The van der Waals surface area contributed by atoms with E-state index in [4.69, 9.17) is 5.73 Å². The molecular weight excluding hydrogens is 244 g/mol. The zero-order valence-electron chi connectivity index (χ0n) is 11.4. The summed E-state index contributed by atoms with van der Waals surface area (Å²) in [6.45, 7) is 7.99. The summed E-state index contributed by atoms with van der Waals surface area (Å²) in [5.74, 6) is 1.31. The summed E-state index contributed by atoms with van der Waals surface area (Å²) >= 11 is 0. The van der Waals surface area contributed by atoms with E-state index in [1.807, 2.05) is 0 Å². The molecule has 1 aromatic rings. The van der Waals surface area contributed by atoms with Crippen LogP contribution in [0.2, 0.25) is 0 Å². The van der Waals surface area contributed by atoms with Crippen LogP contribution in [0.25, 0.3) is 0 Å². The summed E-state index contributed by atoms with van der Waals surface area (Å²) in [7, 11) is 0. The number of rotatable bonds is 4. The molecule has 0 amide bonds. The van der Waals surface area contributed by atoms with Gasteiger partial charge in [-0.15, -0.1) is 12.4 Å². The number of hydrogen-bond donors (Lipinski definition) is 1. The predicted molar refractivity (Wildman–Crippen MR) is 80.3 cm³/mol. The molecule has 1 aromatic carbocycles. The molecule has 0 bridgehead atoms. The van der Waals surface area contributed by atoms with E-state index in [2.05, 4.69) is 49.1 Å². The topological polar surface area (TPSA) is 29.3 Å². The SMILES string of the molecule is CC(CN1CCC(C(C)N)C1)c1ccccc1.Cl. The van der Waals surface area contributed by atoms with E-state index in [1.165, 1.54) is 25.1 Å². The third-order valence-electron chi connectivity index (χ3n) is 3.95. The fourth-order valence-electron chi connectivity index (χ4n) is 2.73. The second-order valence-corrected chi connectivity index (χ2v) is 5.48. The standard InChI is InChI=1S/C15H24N2.ClH/c1-12(14-6-4-3-5-7-14)10-17-9-8-15(11-17)13(2)16;/h3-7,12-13,15H,8-11,16H2,1-2H3;1H. The lowest BCUT2D eigenvalue weighted by atomic mass is 10.0. The quantitative estimate of drug-likeness (QED) is 0.910. The maximum absolute atomic E-state index is 5.98. The number of likely N-dealkylation sites (tertiary alicyclic amines) is 1. The third kappa shape index (κ3) is 3.98. The Morgan fingerprint density at radius 2 is 1.94 bits per heavy atom. The van der Waals surface area contributed by atoms with Gasteiger partial charge in [-0.2, -0.15) is 0 Å². The molecule has 1 aliphatic rings. The van der Waals surface area contributed by atoms with Gasteiger partial charge in [0.1, 0.15) is 0 Å². The molecule has 102 valence electrons. The van der Waals surface area contributed by atoms with E-state index in [0.29, 0.717) is 17.9 Å². The van der Waals surface area contributed by atoms with Crippen molar-refractivity contribution in [2.45, 2.75) is 32.2 Å². The first kappa shape index (κ1) is 15.5. The van der Waals surface area contributed by atoms with Crippen molar-refractivity contribution in [3.05, 3.63) is 35.9 Å². The molecule has 18 heavy (non-hydrogen) atoms. The Hall–Kier alpha value is -0.570. The molecule has 1 aliphatic heterocycles. The second kappa shape index (κ2) is 7.13. The lowest BCUT2D eigenvalue weighted by molar-refractivity contribution is 0.300. The van der Waals surface area contributed by atoms with Gasteiger partial charge < -0.3 is 10.6 Å². The summed E-state index contributed by atoms with van der Waals surface area (Å²) < 4.78 is 0. The van der Waals surface area contributed by atoms with E-state index in [0.717, 1.165) is 6.54 Å². The van der Waals surface area contributed by atoms with Gasteiger partial charge in [-0.05, 0) is 37.3 Å². The van der Waals surface area contributed by atoms with Gasteiger partial charge in [-0.3, -0.25) is 0 Å². The maximum Gasteiger partial charge on any atom is 0.00514 e.